The molecule has 1 N–H and O–H groups in total. The van der Waals surface area contributed by atoms with Crippen LogP contribution in [0.25, 0.3) is 6.08 Å². The molecule has 0 atom stereocenters. The summed E-state index contributed by atoms with van der Waals surface area (Å²) in [5.41, 5.74) is 2.95. The van der Waals surface area contributed by atoms with Gasteiger partial charge < -0.3 is 10.1 Å². The third-order valence-electron chi connectivity index (χ3n) is 3.38. The molecule has 3 nitrogen and oxygen atoms in total. The van der Waals surface area contributed by atoms with Gasteiger partial charge in [-0.25, -0.2) is 0 Å². The van der Waals surface area contributed by atoms with E-state index in [-0.39, 0.29) is 5.91 Å². The maximum atomic E-state index is 12.1. The van der Waals surface area contributed by atoms with Crippen LogP contribution in [-0.2, 0) is 4.79 Å². The van der Waals surface area contributed by atoms with Crippen LogP contribution in [0.1, 0.15) is 30.9 Å². The second kappa shape index (κ2) is 7.46. The molecule has 2 aromatic rings. The first kappa shape index (κ1) is 15.8. The largest absolute Gasteiger partial charge is 0.497 e. The van der Waals surface area contributed by atoms with Crippen molar-refractivity contribution in [3.63, 3.8) is 0 Å². The normalized spacial score (nSPS) is 10.9. The zero-order valence-corrected chi connectivity index (χ0v) is 13.2. The smallest absolute Gasteiger partial charge is 0.248 e. The highest BCUT2D eigenvalue weighted by atomic mass is 16.5. The molecule has 0 saturated heterocycles. The van der Waals surface area contributed by atoms with E-state index in [1.165, 1.54) is 0 Å². The van der Waals surface area contributed by atoms with E-state index in [4.69, 9.17) is 4.74 Å². The summed E-state index contributed by atoms with van der Waals surface area (Å²) < 4.78 is 5.11. The van der Waals surface area contributed by atoms with Gasteiger partial charge in [0.15, 0.2) is 0 Å². The molecular weight excluding hydrogens is 274 g/mol. The number of rotatable bonds is 5. The summed E-state index contributed by atoms with van der Waals surface area (Å²) in [5.74, 6) is 1.03. The minimum Gasteiger partial charge on any atom is -0.497 e. The molecule has 0 heterocycles. The quantitative estimate of drug-likeness (QED) is 0.826. The highest BCUT2D eigenvalue weighted by molar-refractivity contribution is 6.02. The maximum absolute atomic E-state index is 12.1. The molecule has 114 valence electrons. The van der Waals surface area contributed by atoms with E-state index < -0.39 is 0 Å². The molecule has 2 aromatic carbocycles. The monoisotopic (exact) mass is 295 g/mol. The Morgan fingerprint density at radius 2 is 1.77 bits per heavy atom. The minimum absolute atomic E-state index is 0.135. The van der Waals surface area contributed by atoms with Crippen LogP contribution < -0.4 is 10.1 Å². The van der Waals surface area contributed by atoms with E-state index >= 15 is 0 Å². The average molecular weight is 295 g/mol. The van der Waals surface area contributed by atoms with Crippen molar-refractivity contribution in [2.45, 2.75) is 19.8 Å². The Balaban J connectivity index is 2.05. The summed E-state index contributed by atoms with van der Waals surface area (Å²) >= 11 is 0. The predicted molar refractivity (Wildman–Crippen MR) is 91.2 cm³/mol. The van der Waals surface area contributed by atoms with Gasteiger partial charge in [-0.15, -0.1) is 0 Å². The average Bonchev–Trinajstić information content (AvgIpc) is 2.53. The van der Waals surface area contributed by atoms with Crippen LogP contribution in [0.15, 0.2) is 54.6 Å². The van der Waals surface area contributed by atoms with Crippen LogP contribution in [0.5, 0.6) is 5.75 Å². The van der Waals surface area contributed by atoms with Gasteiger partial charge in [-0.2, -0.15) is 0 Å². The number of benzene rings is 2. The van der Waals surface area contributed by atoms with Gasteiger partial charge in [-0.3, -0.25) is 4.79 Å². The second-order valence-corrected chi connectivity index (χ2v) is 5.34. The van der Waals surface area contributed by atoms with Crippen molar-refractivity contribution in [3.05, 3.63) is 65.7 Å². The van der Waals surface area contributed by atoms with Crippen molar-refractivity contribution in [2.75, 3.05) is 12.4 Å². The molecule has 0 unspecified atom stereocenters. The molecule has 0 fully saturated rings. The highest BCUT2D eigenvalue weighted by Crippen LogP contribution is 2.23. The van der Waals surface area contributed by atoms with E-state index in [0.29, 0.717) is 5.92 Å². The van der Waals surface area contributed by atoms with Crippen molar-refractivity contribution in [1.29, 1.82) is 0 Å². The fraction of sp³-hybridized carbons (Fsp3) is 0.211. The van der Waals surface area contributed by atoms with Gasteiger partial charge in [0.25, 0.3) is 0 Å². The fourth-order valence-electron chi connectivity index (χ4n) is 2.18. The molecule has 0 radical (unpaired) electrons. The Morgan fingerprint density at radius 1 is 1.09 bits per heavy atom. The van der Waals surface area contributed by atoms with E-state index in [2.05, 4.69) is 19.2 Å². The Bertz CT molecular complexity index is 657. The molecule has 3 heteroatoms. The van der Waals surface area contributed by atoms with Gasteiger partial charge in [0.2, 0.25) is 5.91 Å². The first-order chi connectivity index (χ1) is 10.6. The minimum atomic E-state index is -0.135. The Hall–Kier alpha value is -2.55. The van der Waals surface area contributed by atoms with E-state index in [1.807, 2.05) is 48.5 Å². The van der Waals surface area contributed by atoms with Crippen LogP contribution in [0.3, 0.4) is 0 Å². The lowest BCUT2D eigenvalue weighted by molar-refractivity contribution is -0.111. The summed E-state index contributed by atoms with van der Waals surface area (Å²) in [6, 6.07) is 15.4. The molecule has 0 aliphatic carbocycles. The van der Waals surface area contributed by atoms with Crippen molar-refractivity contribution in [3.8, 4) is 5.75 Å². The van der Waals surface area contributed by atoms with Gasteiger partial charge >= 0.3 is 0 Å². The standard InChI is InChI=1S/C19H21NO2/c1-14(2)17-6-4-5-7-18(17)20-19(21)13-10-15-8-11-16(22-3)12-9-15/h4-14H,1-3H3,(H,20,21). The van der Waals surface area contributed by atoms with Crippen molar-refractivity contribution >= 4 is 17.7 Å². The van der Waals surface area contributed by atoms with Gasteiger partial charge in [0.1, 0.15) is 5.75 Å². The number of para-hydroxylation sites is 1. The van der Waals surface area contributed by atoms with Crippen LogP contribution in [-0.4, -0.2) is 13.0 Å². The summed E-state index contributed by atoms with van der Waals surface area (Å²) in [4.78, 5) is 12.1. The number of amides is 1. The number of carbonyl (C=O) groups excluding carboxylic acids is 1. The van der Waals surface area contributed by atoms with Crippen molar-refractivity contribution < 1.29 is 9.53 Å². The predicted octanol–water partition coefficient (Wildman–Crippen LogP) is 4.47. The Labute approximate surface area is 131 Å². The van der Waals surface area contributed by atoms with Gasteiger partial charge in [-0.05, 0) is 41.3 Å². The third kappa shape index (κ3) is 4.22. The number of hydrogen-bond donors (Lipinski definition) is 1. The molecule has 22 heavy (non-hydrogen) atoms. The SMILES string of the molecule is COc1ccc(C=CC(=O)Nc2ccccc2C(C)C)cc1. The maximum Gasteiger partial charge on any atom is 0.248 e. The zero-order chi connectivity index (χ0) is 15.9. The number of hydrogen-bond acceptors (Lipinski definition) is 2. The Kier molecular flexibility index (Phi) is 5.37. The molecule has 0 aromatic heterocycles. The highest BCUT2D eigenvalue weighted by Gasteiger charge is 2.07. The van der Waals surface area contributed by atoms with Gasteiger partial charge in [0.05, 0.1) is 7.11 Å². The Morgan fingerprint density at radius 3 is 2.41 bits per heavy atom. The molecule has 0 aliphatic rings. The number of ether oxygens (including phenoxy) is 1. The first-order valence-corrected chi connectivity index (χ1v) is 7.32. The lowest BCUT2D eigenvalue weighted by atomic mass is 10.0. The van der Waals surface area contributed by atoms with Crippen molar-refractivity contribution in [1.82, 2.24) is 0 Å². The number of methoxy groups -OCH3 is 1. The number of carbonyl (C=O) groups is 1. The van der Waals surface area contributed by atoms with E-state index in [0.717, 1.165) is 22.6 Å². The summed E-state index contributed by atoms with van der Waals surface area (Å²) in [7, 11) is 1.63. The summed E-state index contributed by atoms with van der Waals surface area (Å²) in [6.07, 6.45) is 3.33. The molecule has 0 bridgehead atoms. The second-order valence-electron chi connectivity index (χ2n) is 5.34. The van der Waals surface area contributed by atoms with E-state index in [9.17, 15) is 4.79 Å². The first-order valence-electron chi connectivity index (χ1n) is 7.32. The third-order valence-corrected chi connectivity index (χ3v) is 3.38. The van der Waals surface area contributed by atoms with Crippen LogP contribution in [0.4, 0.5) is 5.69 Å². The molecule has 0 aliphatic heterocycles. The van der Waals surface area contributed by atoms with E-state index in [1.54, 1.807) is 19.3 Å². The fourth-order valence-corrected chi connectivity index (χ4v) is 2.18. The lowest BCUT2D eigenvalue weighted by Gasteiger charge is -2.12. The number of anilines is 1. The summed E-state index contributed by atoms with van der Waals surface area (Å²) in [6.45, 7) is 4.22. The molecule has 1 amide bonds. The van der Waals surface area contributed by atoms with Crippen LogP contribution in [0, 0.1) is 0 Å². The van der Waals surface area contributed by atoms with Gasteiger partial charge in [0, 0.05) is 11.8 Å². The topological polar surface area (TPSA) is 38.3 Å². The van der Waals surface area contributed by atoms with Crippen molar-refractivity contribution in [2.24, 2.45) is 0 Å². The number of nitrogens with one attached hydrogen (secondary N) is 1. The molecule has 2 rings (SSSR count). The molecule has 0 saturated carbocycles. The van der Waals surface area contributed by atoms with Crippen LogP contribution >= 0.6 is 0 Å². The lowest BCUT2D eigenvalue weighted by Crippen LogP contribution is -2.10. The zero-order valence-electron chi connectivity index (χ0n) is 13.2. The molecule has 0 spiro atoms. The van der Waals surface area contributed by atoms with Gasteiger partial charge in [-0.1, -0.05) is 44.2 Å². The van der Waals surface area contributed by atoms with Crippen LogP contribution in [0.2, 0.25) is 0 Å². The summed E-state index contributed by atoms with van der Waals surface area (Å²) in [5, 5.41) is 2.93. The molecular formula is C19H21NO2.